The third-order valence-corrected chi connectivity index (χ3v) is 4.04. The number of carbonyl (C=O) groups excluding carboxylic acids is 1. The van der Waals surface area contributed by atoms with E-state index in [0.717, 1.165) is 17.4 Å². The molecule has 19 heavy (non-hydrogen) atoms. The lowest BCUT2D eigenvalue weighted by molar-refractivity contribution is 0.112. The van der Waals surface area contributed by atoms with Crippen molar-refractivity contribution in [2.75, 3.05) is 0 Å². The second-order valence-electron chi connectivity index (χ2n) is 6.41. The molecular formula is C18H22O. The minimum Gasteiger partial charge on any atom is -0.298 e. The predicted octanol–water partition coefficient (Wildman–Crippen LogP) is 4.79. The molecule has 0 saturated carbocycles. The molecule has 0 bridgehead atoms. The van der Waals surface area contributed by atoms with Crippen molar-refractivity contribution < 1.29 is 4.79 Å². The van der Waals surface area contributed by atoms with Crippen molar-refractivity contribution in [3.8, 4) is 0 Å². The van der Waals surface area contributed by atoms with Crippen LogP contribution in [-0.2, 0) is 5.41 Å². The average Bonchev–Trinajstić information content (AvgIpc) is 2.68. The number of benzene rings is 1. The fourth-order valence-corrected chi connectivity index (χ4v) is 2.53. The number of aldehydes is 1. The second-order valence-corrected chi connectivity index (χ2v) is 6.41. The van der Waals surface area contributed by atoms with Gasteiger partial charge in [0.05, 0.1) is 0 Å². The molecule has 1 aromatic carbocycles. The van der Waals surface area contributed by atoms with Gasteiger partial charge in [0.15, 0.2) is 0 Å². The van der Waals surface area contributed by atoms with Crippen LogP contribution < -0.4 is 0 Å². The zero-order chi connectivity index (χ0) is 14.2. The van der Waals surface area contributed by atoms with Gasteiger partial charge in [0.2, 0.25) is 0 Å². The smallest absolute Gasteiger partial charge is 0.150 e. The summed E-state index contributed by atoms with van der Waals surface area (Å²) in [4.78, 5) is 11.4. The van der Waals surface area contributed by atoms with Crippen molar-refractivity contribution in [2.45, 2.75) is 46.0 Å². The van der Waals surface area contributed by atoms with Crippen LogP contribution in [0.1, 0.15) is 62.0 Å². The highest BCUT2D eigenvalue weighted by molar-refractivity contribution is 5.79. The zero-order valence-electron chi connectivity index (χ0n) is 12.4. The summed E-state index contributed by atoms with van der Waals surface area (Å²) in [5.74, 6) is 0.259. The standard InChI is InChI=1S/C18H22O/c1-12-6-8-16(13(12)2)17-9-7-15(18(3,4)5)10-14(17)11-19/h6-11,16H,1-5H3. The molecule has 1 nitrogen and oxygen atoms in total. The number of allylic oxidation sites excluding steroid dienone is 4. The Morgan fingerprint density at radius 3 is 2.32 bits per heavy atom. The maximum atomic E-state index is 11.4. The van der Waals surface area contributed by atoms with E-state index in [9.17, 15) is 4.79 Å². The normalized spacial score (nSPS) is 19.1. The third-order valence-electron chi connectivity index (χ3n) is 4.04. The molecule has 1 aromatic rings. The fourth-order valence-electron chi connectivity index (χ4n) is 2.53. The van der Waals surface area contributed by atoms with E-state index in [2.05, 4.69) is 58.9 Å². The molecule has 0 N–H and O–H groups in total. The van der Waals surface area contributed by atoms with Crippen LogP contribution >= 0.6 is 0 Å². The summed E-state index contributed by atoms with van der Waals surface area (Å²) in [6.07, 6.45) is 5.31. The largest absolute Gasteiger partial charge is 0.298 e. The Labute approximate surface area is 116 Å². The molecule has 100 valence electrons. The highest BCUT2D eigenvalue weighted by Crippen LogP contribution is 2.36. The van der Waals surface area contributed by atoms with E-state index >= 15 is 0 Å². The van der Waals surface area contributed by atoms with E-state index in [1.807, 2.05) is 6.07 Å². The zero-order valence-corrected chi connectivity index (χ0v) is 12.4. The first kappa shape index (κ1) is 13.8. The van der Waals surface area contributed by atoms with Crippen LogP contribution in [0.25, 0.3) is 0 Å². The first-order chi connectivity index (χ1) is 8.84. The van der Waals surface area contributed by atoms with Gasteiger partial charge in [0, 0.05) is 11.5 Å². The molecule has 0 aliphatic heterocycles. The second kappa shape index (κ2) is 4.80. The van der Waals surface area contributed by atoms with Gasteiger partial charge in [-0.1, -0.05) is 56.2 Å². The average molecular weight is 254 g/mol. The molecule has 0 radical (unpaired) electrons. The highest BCUT2D eigenvalue weighted by atomic mass is 16.1. The molecule has 1 aliphatic carbocycles. The Hall–Kier alpha value is -1.63. The number of carbonyl (C=O) groups is 1. The summed E-state index contributed by atoms with van der Waals surface area (Å²) in [5.41, 5.74) is 5.86. The van der Waals surface area contributed by atoms with Crippen LogP contribution in [0.15, 0.2) is 41.5 Å². The first-order valence-electron chi connectivity index (χ1n) is 6.80. The van der Waals surface area contributed by atoms with Crippen molar-refractivity contribution in [2.24, 2.45) is 0 Å². The minimum atomic E-state index is 0.0720. The summed E-state index contributed by atoms with van der Waals surface area (Å²) < 4.78 is 0. The van der Waals surface area contributed by atoms with Gasteiger partial charge in [0.1, 0.15) is 6.29 Å². The summed E-state index contributed by atoms with van der Waals surface area (Å²) in [6, 6.07) is 6.30. The van der Waals surface area contributed by atoms with Gasteiger partial charge in [0.25, 0.3) is 0 Å². The van der Waals surface area contributed by atoms with Crippen molar-refractivity contribution >= 4 is 6.29 Å². The van der Waals surface area contributed by atoms with Crippen LogP contribution in [0.5, 0.6) is 0 Å². The SMILES string of the molecule is CC1=C(C)C(c2ccc(C(C)(C)C)cc2C=O)C=C1. The Morgan fingerprint density at radius 1 is 1.16 bits per heavy atom. The van der Waals surface area contributed by atoms with Gasteiger partial charge in [-0.05, 0) is 36.5 Å². The van der Waals surface area contributed by atoms with Crippen LogP contribution in [0.4, 0.5) is 0 Å². The molecule has 1 heteroatoms. The fraction of sp³-hybridized carbons (Fsp3) is 0.389. The molecule has 0 aromatic heterocycles. The van der Waals surface area contributed by atoms with E-state index in [0.29, 0.717) is 0 Å². The van der Waals surface area contributed by atoms with E-state index in [-0.39, 0.29) is 11.3 Å². The van der Waals surface area contributed by atoms with Crippen molar-refractivity contribution in [3.63, 3.8) is 0 Å². The van der Waals surface area contributed by atoms with Crippen LogP contribution in [0.2, 0.25) is 0 Å². The number of hydrogen-bond donors (Lipinski definition) is 0. The molecule has 0 heterocycles. The first-order valence-corrected chi connectivity index (χ1v) is 6.80. The van der Waals surface area contributed by atoms with E-state index in [1.54, 1.807) is 0 Å². The van der Waals surface area contributed by atoms with Crippen LogP contribution in [-0.4, -0.2) is 6.29 Å². The summed E-state index contributed by atoms with van der Waals surface area (Å²) in [6.45, 7) is 10.8. The van der Waals surface area contributed by atoms with Gasteiger partial charge < -0.3 is 0 Å². The summed E-state index contributed by atoms with van der Waals surface area (Å²) in [5, 5.41) is 0. The molecule has 0 spiro atoms. The molecular weight excluding hydrogens is 232 g/mol. The maximum Gasteiger partial charge on any atom is 0.150 e. The summed E-state index contributed by atoms with van der Waals surface area (Å²) >= 11 is 0. The maximum absolute atomic E-state index is 11.4. The molecule has 0 saturated heterocycles. The van der Waals surface area contributed by atoms with Gasteiger partial charge in [-0.2, -0.15) is 0 Å². The van der Waals surface area contributed by atoms with Gasteiger partial charge >= 0.3 is 0 Å². The van der Waals surface area contributed by atoms with Crippen molar-refractivity contribution in [3.05, 3.63) is 58.2 Å². The Bertz CT molecular complexity index is 568. The monoisotopic (exact) mass is 254 g/mol. The van der Waals surface area contributed by atoms with Crippen LogP contribution in [0, 0.1) is 0 Å². The van der Waals surface area contributed by atoms with E-state index in [4.69, 9.17) is 0 Å². The van der Waals surface area contributed by atoms with Crippen molar-refractivity contribution in [1.29, 1.82) is 0 Å². The molecule has 1 aliphatic rings. The number of rotatable bonds is 2. The highest BCUT2D eigenvalue weighted by Gasteiger charge is 2.21. The van der Waals surface area contributed by atoms with Crippen LogP contribution in [0.3, 0.4) is 0 Å². The minimum absolute atomic E-state index is 0.0720. The Kier molecular flexibility index (Phi) is 3.49. The third kappa shape index (κ3) is 2.56. The topological polar surface area (TPSA) is 17.1 Å². The quantitative estimate of drug-likeness (QED) is 0.694. The molecule has 1 unspecified atom stereocenters. The van der Waals surface area contributed by atoms with Gasteiger partial charge in [-0.25, -0.2) is 0 Å². The van der Waals surface area contributed by atoms with Crippen molar-refractivity contribution in [1.82, 2.24) is 0 Å². The Morgan fingerprint density at radius 2 is 1.84 bits per heavy atom. The van der Waals surface area contributed by atoms with E-state index < -0.39 is 0 Å². The molecule has 1 atom stereocenters. The Balaban J connectivity index is 2.49. The molecule has 0 amide bonds. The summed E-state index contributed by atoms with van der Waals surface area (Å²) in [7, 11) is 0. The molecule has 0 fully saturated rings. The van der Waals surface area contributed by atoms with Gasteiger partial charge in [-0.15, -0.1) is 0 Å². The number of hydrogen-bond acceptors (Lipinski definition) is 1. The lowest BCUT2D eigenvalue weighted by Crippen LogP contribution is -2.12. The lowest BCUT2D eigenvalue weighted by atomic mass is 9.82. The van der Waals surface area contributed by atoms with E-state index in [1.165, 1.54) is 16.7 Å². The van der Waals surface area contributed by atoms with Gasteiger partial charge in [-0.3, -0.25) is 4.79 Å². The lowest BCUT2D eigenvalue weighted by Gasteiger charge is -2.22. The predicted molar refractivity (Wildman–Crippen MR) is 80.8 cm³/mol. The molecule has 2 rings (SSSR count).